The van der Waals surface area contributed by atoms with Gasteiger partial charge in [0.15, 0.2) is 0 Å². The van der Waals surface area contributed by atoms with E-state index in [0.717, 1.165) is 30.5 Å². The van der Waals surface area contributed by atoms with Crippen molar-refractivity contribution in [3.63, 3.8) is 0 Å². The first-order valence-corrected chi connectivity index (χ1v) is 7.59. The molecular formula is C15H26N4. The molecule has 1 N–H and O–H groups in total. The van der Waals surface area contributed by atoms with Crippen LogP contribution in [0.3, 0.4) is 0 Å². The average molecular weight is 262 g/mol. The maximum absolute atomic E-state index is 4.48. The van der Waals surface area contributed by atoms with Crippen LogP contribution in [0.4, 0.5) is 5.82 Å². The monoisotopic (exact) mass is 262 g/mol. The predicted molar refractivity (Wildman–Crippen MR) is 79.1 cm³/mol. The van der Waals surface area contributed by atoms with Crippen LogP contribution in [0.5, 0.6) is 0 Å². The fourth-order valence-corrected chi connectivity index (χ4v) is 2.78. The van der Waals surface area contributed by atoms with Gasteiger partial charge in [-0.2, -0.15) is 0 Å². The summed E-state index contributed by atoms with van der Waals surface area (Å²) in [5.41, 5.74) is 1.08. The van der Waals surface area contributed by atoms with E-state index in [9.17, 15) is 0 Å². The smallest absolute Gasteiger partial charge is 0.144 e. The molecule has 4 heteroatoms. The Kier molecular flexibility index (Phi) is 5.58. The van der Waals surface area contributed by atoms with Gasteiger partial charge in [-0.1, -0.05) is 19.8 Å². The molecule has 0 amide bonds. The molecule has 1 aliphatic rings. The van der Waals surface area contributed by atoms with Crippen molar-refractivity contribution in [2.24, 2.45) is 5.92 Å². The van der Waals surface area contributed by atoms with Gasteiger partial charge in [0.1, 0.15) is 5.82 Å². The molecular weight excluding hydrogens is 236 g/mol. The number of piperidine rings is 1. The number of nitrogens with one attached hydrogen (secondary N) is 1. The summed E-state index contributed by atoms with van der Waals surface area (Å²) in [6, 6.07) is 0. The number of anilines is 1. The van der Waals surface area contributed by atoms with Crippen LogP contribution in [0.25, 0.3) is 0 Å². The molecule has 1 saturated heterocycles. The van der Waals surface area contributed by atoms with E-state index in [2.05, 4.69) is 34.0 Å². The van der Waals surface area contributed by atoms with Crippen molar-refractivity contribution in [1.29, 1.82) is 0 Å². The highest BCUT2D eigenvalue weighted by Crippen LogP contribution is 2.22. The lowest BCUT2D eigenvalue weighted by molar-refractivity contribution is 0.170. The topological polar surface area (TPSA) is 41.1 Å². The fraction of sp³-hybridized carbons (Fsp3) is 0.733. The van der Waals surface area contributed by atoms with Crippen LogP contribution in [0.1, 0.15) is 45.2 Å². The van der Waals surface area contributed by atoms with Crippen molar-refractivity contribution < 1.29 is 0 Å². The lowest BCUT2D eigenvalue weighted by atomic mass is 9.92. The molecule has 0 unspecified atom stereocenters. The lowest BCUT2D eigenvalue weighted by Gasteiger charge is -2.31. The van der Waals surface area contributed by atoms with E-state index >= 15 is 0 Å². The zero-order chi connectivity index (χ0) is 13.5. The summed E-state index contributed by atoms with van der Waals surface area (Å²) in [6.45, 7) is 8.60. The standard InChI is InChI=1S/C15H26N4/c1-3-5-13-6-8-19(9-7-13)12-14-10-18-15(11-17-14)16-4-2/h10-11,13H,3-9,12H2,1-2H3,(H,16,18). The molecule has 2 rings (SSSR count). The lowest BCUT2D eigenvalue weighted by Crippen LogP contribution is -2.33. The van der Waals surface area contributed by atoms with Gasteiger partial charge in [0.25, 0.3) is 0 Å². The van der Waals surface area contributed by atoms with Gasteiger partial charge in [-0.3, -0.25) is 9.88 Å². The van der Waals surface area contributed by atoms with E-state index in [1.165, 1.54) is 38.8 Å². The summed E-state index contributed by atoms with van der Waals surface area (Å²) in [5.74, 6) is 1.82. The molecule has 0 atom stereocenters. The number of aromatic nitrogens is 2. The molecule has 4 nitrogen and oxygen atoms in total. The maximum Gasteiger partial charge on any atom is 0.144 e. The summed E-state index contributed by atoms with van der Waals surface area (Å²) >= 11 is 0. The van der Waals surface area contributed by atoms with E-state index in [4.69, 9.17) is 0 Å². The second-order valence-electron chi connectivity index (χ2n) is 5.43. The third kappa shape index (κ3) is 4.46. The Hall–Kier alpha value is -1.16. The number of hydrogen-bond donors (Lipinski definition) is 1. The number of likely N-dealkylation sites (tertiary alicyclic amines) is 1. The quantitative estimate of drug-likeness (QED) is 0.856. The molecule has 0 saturated carbocycles. The normalized spacial score (nSPS) is 17.6. The molecule has 0 spiro atoms. The maximum atomic E-state index is 4.48. The van der Waals surface area contributed by atoms with Crippen LogP contribution in [0, 0.1) is 5.92 Å². The summed E-state index contributed by atoms with van der Waals surface area (Å²) in [5, 5.41) is 3.17. The van der Waals surface area contributed by atoms with Crippen molar-refractivity contribution >= 4 is 5.82 Å². The molecule has 0 radical (unpaired) electrons. The first-order chi connectivity index (χ1) is 9.31. The van der Waals surface area contributed by atoms with Gasteiger partial charge in [-0.25, -0.2) is 4.98 Å². The van der Waals surface area contributed by atoms with Crippen molar-refractivity contribution in [3.8, 4) is 0 Å². The molecule has 0 bridgehead atoms. The first-order valence-electron chi connectivity index (χ1n) is 7.59. The second-order valence-corrected chi connectivity index (χ2v) is 5.43. The van der Waals surface area contributed by atoms with Gasteiger partial charge in [0, 0.05) is 13.1 Å². The third-order valence-corrected chi connectivity index (χ3v) is 3.85. The fourth-order valence-electron chi connectivity index (χ4n) is 2.78. The minimum absolute atomic E-state index is 0.868. The molecule has 19 heavy (non-hydrogen) atoms. The van der Waals surface area contributed by atoms with Crippen LogP contribution in [0.15, 0.2) is 12.4 Å². The largest absolute Gasteiger partial charge is 0.369 e. The summed E-state index contributed by atoms with van der Waals surface area (Å²) in [4.78, 5) is 11.4. The number of nitrogens with zero attached hydrogens (tertiary/aromatic N) is 3. The Morgan fingerprint density at radius 2 is 2.00 bits per heavy atom. The summed E-state index contributed by atoms with van der Waals surface area (Å²) in [7, 11) is 0. The van der Waals surface area contributed by atoms with Gasteiger partial charge in [-0.05, 0) is 38.8 Å². The van der Waals surface area contributed by atoms with Gasteiger partial charge < -0.3 is 5.32 Å². The van der Waals surface area contributed by atoms with E-state index in [0.29, 0.717) is 0 Å². The average Bonchev–Trinajstić information content (AvgIpc) is 2.44. The van der Waals surface area contributed by atoms with Crippen molar-refractivity contribution in [1.82, 2.24) is 14.9 Å². The molecule has 0 aliphatic carbocycles. The third-order valence-electron chi connectivity index (χ3n) is 3.85. The Balaban J connectivity index is 1.78. The second kappa shape index (κ2) is 7.43. The van der Waals surface area contributed by atoms with Crippen molar-refractivity contribution in [3.05, 3.63) is 18.1 Å². The van der Waals surface area contributed by atoms with Gasteiger partial charge in [0.05, 0.1) is 18.1 Å². The highest BCUT2D eigenvalue weighted by Gasteiger charge is 2.18. The summed E-state index contributed by atoms with van der Waals surface area (Å²) < 4.78 is 0. The number of rotatable bonds is 6. The van der Waals surface area contributed by atoms with Gasteiger partial charge in [0.2, 0.25) is 0 Å². The molecule has 2 heterocycles. The molecule has 1 aromatic rings. The molecule has 1 aliphatic heterocycles. The molecule has 106 valence electrons. The highest BCUT2D eigenvalue weighted by molar-refractivity contribution is 5.30. The molecule has 1 aromatic heterocycles. The zero-order valence-electron chi connectivity index (χ0n) is 12.2. The Morgan fingerprint density at radius 3 is 2.58 bits per heavy atom. The highest BCUT2D eigenvalue weighted by atomic mass is 15.1. The van der Waals surface area contributed by atoms with E-state index in [-0.39, 0.29) is 0 Å². The van der Waals surface area contributed by atoms with Crippen molar-refractivity contribution in [2.75, 3.05) is 25.0 Å². The van der Waals surface area contributed by atoms with E-state index in [1.807, 2.05) is 12.4 Å². The van der Waals surface area contributed by atoms with Gasteiger partial charge in [-0.15, -0.1) is 0 Å². The SMILES string of the molecule is CCCC1CCN(Cc2cnc(NCC)cn2)CC1. The Bertz CT molecular complexity index is 355. The first kappa shape index (κ1) is 14.3. The number of hydrogen-bond acceptors (Lipinski definition) is 4. The van der Waals surface area contributed by atoms with Gasteiger partial charge >= 0.3 is 0 Å². The zero-order valence-corrected chi connectivity index (χ0v) is 12.2. The van der Waals surface area contributed by atoms with E-state index < -0.39 is 0 Å². The van der Waals surface area contributed by atoms with Crippen LogP contribution >= 0.6 is 0 Å². The van der Waals surface area contributed by atoms with E-state index in [1.54, 1.807) is 0 Å². The summed E-state index contributed by atoms with van der Waals surface area (Å²) in [6.07, 6.45) is 9.14. The van der Waals surface area contributed by atoms with Crippen LogP contribution in [-0.4, -0.2) is 34.5 Å². The Morgan fingerprint density at radius 1 is 1.21 bits per heavy atom. The molecule has 0 aromatic carbocycles. The van der Waals surface area contributed by atoms with Crippen LogP contribution in [0.2, 0.25) is 0 Å². The predicted octanol–water partition coefficient (Wildman–Crippen LogP) is 2.92. The van der Waals surface area contributed by atoms with Crippen LogP contribution < -0.4 is 5.32 Å². The van der Waals surface area contributed by atoms with Crippen molar-refractivity contribution in [2.45, 2.75) is 46.1 Å². The Labute approximate surface area is 116 Å². The molecule has 1 fully saturated rings. The van der Waals surface area contributed by atoms with Crippen LogP contribution in [-0.2, 0) is 6.54 Å². The minimum Gasteiger partial charge on any atom is -0.369 e. The minimum atomic E-state index is 0.868.